The Bertz CT molecular complexity index is 963. The van der Waals surface area contributed by atoms with Gasteiger partial charge in [0.05, 0.1) is 0 Å². The number of benzene rings is 2. The van der Waals surface area contributed by atoms with Crippen LogP contribution in [0.3, 0.4) is 0 Å². The Hall–Kier alpha value is -2.89. The Morgan fingerprint density at radius 3 is 2.38 bits per heavy atom. The summed E-state index contributed by atoms with van der Waals surface area (Å²) >= 11 is 0. The maximum Gasteiger partial charge on any atom is 0.253 e. The summed E-state index contributed by atoms with van der Waals surface area (Å²) in [4.78, 5) is 29.4. The minimum Gasteiger partial charge on any atom is -0.487 e. The summed E-state index contributed by atoms with van der Waals surface area (Å²) in [6.45, 7) is 6.60. The molecule has 1 saturated heterocycles. The number of hydrogen-bond acceptors (Lipinski definition) is 3. The number of ether oxygens (including phenoxy) is 1. The van der Waals surface area contributed by atoms with E-state index in [9.17, 15) is 14.0 Å². The van der Waals surface area contributed by atoms with Crippen molar-refractivity contribution in [2.24, 2.45) is 0 Å². The van der Waals surface area contributed by atoms with Gasteiger partial charge >= 0.3 is 0 Å². The molecule has 0 aliphatic carbocycles. The molecule has 170 valence electrons. The average Bonchev–Trinajstić information content (AvgIpc) is 2.80. The maximum absolute atomic E-state index is 13.2. The van der Waals surface area contributed by atoms with Crippen LogP contribution in [0.1, 0.15) is 61.4 Å². The lowest BCUT2D eigenvalue weighted by atomic mass is 9.76. The van der Waals surface area contributed by atoms with Crippen molar-refractivity contribution in [3.05, 3.63) is 65.5 Å². The molecule has 1 spiro atoms. The first kappa shape index (κ1) is 22.3. The zero-order valence-electron chi connectivity index (χ0n) is 18.9. The SMILES string of the molecule is CCN(CC)C(=O)C[C@@H]1CC2(CCN(C(=O)c3ccc(F)cc3)CC2)Oc2ccccc21. The number of carbonyl (C=O) groups excluding carboxylic acids is 2. The van der Waals surface area contributed by atoms with Crippen LogP contribution < -0.4 is 4.74 Å². The van der Waals surface area contributed by atoms with Crippen LogP contribution in [0.15, 0.2) is 48.5 Å². The number of rotatable bonds is 5. The van der Waals surface area contributed by atoms with E-state index in [-0.39, 0.29) is 29.2 Å². The zero-order valence-corrected chi connectivity index (χ0v) is 18.9. The Morgan fingerprint density at radius 1 is 1.06 bits per heavy atom. The quantitative estimate of drug-likeness (QED) is 0.684. The lowest BCUT2D eigenvalue weighted by molar-refractivity contribution is -0.131. The first-order valence-electron chi connectivity index (χ1n) is 11.5. The second-order valence-corrected chi connectivity index (χ2v) is 8.79. The van der Waals surface area contributed by atoms with Gasteiger partial charge in [-0.1, -0.05) is 18.2 Å². The average molecular weight is 439 g/mol. The van der Waals surface area contributed by atoms with Gasteiger partial charge in [-0.3, -0.25) is 9.59 Å². The molecule has 2 aromatic rings. The highest BCUT2D eigenvalue weighted by molar-refractivity contribution is 5.94. The van der Waals surface area contributed by atoms with Crippen LogP contribution in [0, 0.1) is 5.82 Å². The van der Waals surface area contributed by atoms with Gasteiger partial charge in [-0.15, -0.1) is 0 Å². The van der Waals surface area contributed by atoms with Gasteiger partial charge in [0, 0.05) is 56.9 Å². The Kier molecular flexibility index (Phi) is 6.49. The summed E-state index contributed by atoms with van der Waals surface area (Å²) in [5.74, 6) is 0.709. The number of likely N-dealkylation sites (tertiary alicyclic amines) is 1. The van der Waals surface area contributed by atoms with Gasteiger partial charge in [0.25, 0.3) is 5.91 Å². The summed E-state index contributed by atoms with van der Waals surface area (Å²) in [6, 6.07) is 13.7. The van der Waals surface area contributed by atoms with Crippen LogP contribution in [0.2, 0.25) is 0 Å². The van der Waals surface area contributed by atoms with E-state index in [1.54, 1.807) is 0 Å². The molecule has 2 aliphatic heterocycles. The predicted octanol–water partition coefficient (Wildman–Crippen LogP) is 4.63. The molecule has 4 rings (SSSR count). The topological polar surface area (TPSA) is 49.9 Å². The number of carbonyl (C=O) groups is 2. The van der Waals surface area contributed by atoms with E-state index in [1.165, 1.54) is 24.3 Å². The molecule has 5 nitrogen and oxygen atoms in total. The lowest BCUT2D eigenvalue weighted by Crippen LogP contribution is -2.52. The van der Waals surface area contributed by atoms with Crippen molar-refractivity contribution in [1.29, 1.82) is 0 Å². The highest BCUT2D eigenvalue weighted by Gasteiger charge is 2.44. The van der Waals surface area contributed by atoms with Crippen molar-refractivity contribution in [2.45, 2.75) is 51.0 Å². The van der Waals surface area contributed by atoms with Crippen molar-refractivity contribution in [3.8, 4) is 5.75 Å². The summed E-state index contributed by atoms with van der Waals surface area (Å²) in [5, 5.41) is 0. The van der Waals surface area contributed by atoms with Gasteiger partial charge in [0.2, 0.25) is 5.91 Å². The third kappa shape index (κ3) is 4.50. The predicted molar refractivity (Wildman–Crippen MR) is 121 cm³/mol. The van der Waals surface area contributed by atoms with Crippen LogP contribution >= 0.6 is 0 Å². The number of halogens is 1. The fraction of sp³-hybridized carbons (Fsp3) is 0.462. The van der Waals surface area contributed by atoms with E-state index in [0.717, 1.165) is 17.7 Å². The van der Waals surface area contributed by atoms with Gasteiger partial charge in [0.15, 0.2) is 0 Å². The second-order valence-electron chi connectivity index (χ2n) is 8.79. The molecule has 2 aromatic carbocycles. The molecule has 0 aromatic heterocycles. The normalized spacial score (nSPS) is 19.2. The molecule has 32 heavy (non-hydrogen) atoms. The van der Waals surface area contributed by atoms with E-state index in [4.69, 9.17) is 4.74 Å². The number of nitrogens with zero attached hydrogens (tertiary/aromatic N) is 2. The highest BCUT2D eigenvalue weighted by atomic mass is 19.1. The smallest absolute Gasteiger partial charge is 0.253 e. The third-order valence-corrected chi connectivity index (χ3v) is 6.89. The monoisotopic (exact) mass is 438 g/mol. The Morgan fingerprint density at radius 2 is 1.72 bits per heavy atom. The molecular formula is C26H31FN2O3. The first-order valence-corrected chi connectivity index (χ1v) is 11.5. The molecule has 0 unspecified atom stereocenters. The molecule has 0 bridgehead atoms. The van der Waals surface area contributed by atoms with E-state index in [2.05, 4.69) is 6.07 Å². The van der Waals surface area contributed by atoms with Gasteiger partial charge < -0.3 is 14.5 Å². The molecular weight excluding hydrogens is 407 g/mol. The zero-order chi connectivity index (χ0) is 22.7. The molecule has 0 N–H and O–H groups in total. The summed E-state index contributed by atoms with van der Waals surface area (Å²) in [5.41, 5.74) is 1.23. The second kappa shape index (κ2) is 9.31. The fourth-order valence-electron chi connectivity index (χ4n) is 5.04. The van der Waals surface area contributed by atoms with Crippen molar-refractivity contribution >= 4 is 11.8 Å². The Labute approximate surface area is 189 Å². The minimum atomic E-state index is -0.373. The van der Waals surface area contributed by atoms with Crippen LogP contribution in [-0.4, -0.2) is 53.4 Å². The fourth-order valence-corrected chi connectivity index (χ4v) is 5.04. The van der Waals surface area contributed by atoms with E-state index in [1.807, 2.05) is 41.8 Å². The number of fused-ring (bicyclic) bond motifs is 1. The largest absolute Gasteiger partial charge is 0.487 e. The van der Waals surface area contributed by atoms with Crippen LogP contribution in [0.5, 0.6) is 5.75 Å². The van der Waals surface area contributed by atoms with Gasteiger partial charge in [0.1, 0.15) is 17.2 Å². The molecule has 2 amide bonds. The molecule has 0 radical (unpaired) electrons. The molecule has 0 saturated carbocycles. The molecule has 2 heterocycles. The summed E-state index contributed by atoms with van der Waals surface area (Å²) in [7, 11) is 0. The number of piperidine rings is 1. The van der Waals surface area contributed by atoms with Gasteiger partial charge in [-0.05, 0) is 56.2 Å². The third-order valence-electron chi connectivity index (χ3n) is 6.89. The highest BCUT2D eigenvalue weighted by Crippen LogP contribution is 2.46. The number of amides is 2. The van der Waals surface area contributed by atoms with Crippen LogP contribution in [-0.2, 0) is 4.79 Å². The minimum absolute atomic E-state index is 0.0793. The van der Waals surface area contributed by atoms with E-state index >= 15 is 0 Å². The first-order chi connectivity index (χ1) is 15.4. The number of para-hydroxylation sites is 1. The summed E-state index contributed by atoms with van der Waals surface area (Å²) in [6.07, 6.45) is 2.67. The Balaban J connectivity index is 1.49. The molecule has 2 aliphatic rings. The van der Waals surface area contributed by atoms with E-state index < -0.39 is 0 Å². The van der Waals surface area contributed by atoms with Crippen molar-refractivity contribution in [1.82, 2.24) is 9.80 Å². The standard InChI is InChI=1S/C26H31FN2O3/c1-3-28(4-2)24(30)17-20-18-26(32-23-8-6-5-7-22(20)23)13-15-29(16-14-26)25(31)19-9-11-21(27)12-10-19/h5-12,20H,3-4,13-18H2,1-2H3/t20-/m1/s1. The van der Waals surface area contributed by atoms with Crippen LogP contribution in [0.4, 0.5) is 4.39 Å². The summed E-state index contributed by atoms with van der Waals surface area (Å²) < 4.78 is 19.7. The van der Waals surface area contributed by atoms with Crippen LogP contribution in [0.25, 0.3) is 0 Å². The van der Waals surface area contributed by atoms with E-state index in [0.29, 0.717) is 51.0 Å². The van der Waals surface area contributed by atoms with Crippen molar-refractivity contribution < 1.29 is 18.7 Å². The molecule has 6 heteroatoms. The maximum atomic E-state index is 13.2. The molecule has 1 fully saturated rings. The van der Waals surface area contributed by atoms with Gasteiger partial charge in [-0.25, -0.2) is 4.39 Å². The van der Waals surface area contributed by atoms with Crippen molar-refractivity contribution in [3.63, 3.8) is 0 Å². The molecule has 1 atom stereocenters. The lowest BCUT2D eigenvalue weighted by Gasteiger charge is -2.47. The number of hydrogen-bond donors (Lipinski definition) is 0. The van der Waals surface area contributed by atoms with Gasteiger partial charge in [-0.2, -0.15) is 0 Å². The van der Waals surface area contributed by atoms with Crippen molar-refractivity contribution in [2.75, 3.05) is 26.2 Å².